The zero-order valence-corrected chi connectivity index (χ0v) is 18.3. The third kappa shape index (κ3) is 3.57. The summed E-state index contributed by atoms with van der Waals surface area (Å²) in [5, 5.41) is 3.31. The van der Waals surface area contributed by atoms with Gasteiger partial charge in [0.1, 0.15) is 17.0 Å². The number of aromatic nitrogens is 1. The van der Waals surface area contributed by atoms with E-state index in [1.807, 2.05) is 42.7 Å². The van der Waals surface area contributed by atoms with E-state index in [9.17, 15) is 9.59 Å². The van der Waals surface area contributed by atoms with Gasteiger partial charge in [-0.25, -0.2) is 0 Å². The summed E-state index contributed by atoms with van der Waals surface area (Å²) in [6, 6.07) is 7.65. The predicted octanol–water partition coefficient (Wildman–Crippen LogP) is 4.60. The SMILES string of the molecule is CCC(C)N1C(=O)c2ccc(-c3ccco3)n2CC1(C)C(=O)NC1CCCCCC1. The molecule has 3 heterocycles. The average molecular weight is 412 g/mol. The number of fused-ring (bicyclic) bond motifs is 1. The summed E-state index contributed by atoms with van der Waals surface area (Å²) in [7, 11) is 0. The van der Waals surface area contributed by atoms with Crippen LogP contribution in [-0.2, 0) is 11.3 Å². The lowest BCUT2D eigenvalue weighted by atomic mass is 9.91. The molecule has 2 aliphatic rings. The molecule has 1 saturated carbocycles. The van der Waals surface area contributed by atoms with Crippen LogP contribution in [0.15, 0.2) is 34.9 Å². The van der Waals surface area contributed by atoms with Crippen LogP contribution in [0, 0.1) is 0 Å². The largest absolute Gasteiger partial charge is 0.463 e. The molecule has 1 N–H and O–H groups in total. The lowest BCUT2D eigenvalue weighted by Crippen LogP contribution is -2.67. The van der Waals surface area contributed by atoms with Gasteiger partial charge in [0.05, 0.1) is 18.5 Å². The molecule has 0 bridgehead atoms. The molecule has 2 atom stereocenters. The molecule has 162 valence electrons. The number of amides is 2. The van der Waals surface area contributed by atoms with Crippen LogP contribution in [0.25, 0.3) is 11.5 Å². The molecule has 2 aromatic heterocycles. The van der Waals surface area contributed by atoms with E-state index in [1.165, 1.54) is 12.8 Å². The van der Waals surface area contributed by atoms with Crippen molar-refractivity contribution in [3.63, 3.8) is 0 Å². The van der Waals surface area contributed by atoms with Gasteiger partial charge in [0.25, 0.3) is 5.91 Å². The van der Waals surface area contributed by atoms with Crippen LogP contribution in [0.2, 0.25) is 0 Å². The fourth-order valence-corrected chi connectivity index (χ4v) is 5.01. The highest BCUT2D eigenvalue weighted by Gasteiger charge is 2.49. The third-order valence-corrected chi connectivity index (χ3v) is 6.90. The van der Waals surface area contributed by atoms with E-state index < -0.39 is 5.54 Å². The summed E-state index contributed by atoms with van der Waals surface area (Å²) in [6.07, 6.45) is 9.24. The highest BCUT2D eigenvalue weighted by atomic mass is 16.3. The van der Waals surface area contributed by atoms with Crippen molar-refractivity contribution in [2.24, 2.45) is 0 Å². The number of nitrogens with zero attached hydrogens (tertiary/aromatic N) is 2. The van der Waals surface area contributed by atoms with Crippen molar-refractivity contribution in [2.45, 2.75) is 89.9 Å². The van der Waals surface area contributed by atoms with Crippen LogP contribution in [0.1, 0.15) is 76.2 Å². The lowest BCUT2D eigenvalue weighted by molar-refractivity contribution is -0.135. The molecule has 4 rings (SSSR count). The minimum absolute atomic E-state index is 0.0295. The molecule has 2 aromatic rings. The van der Waals surface area contributed by atoms with Gasteiger partial charge in [-0.2, -0.15) is 0 Å². The Kier molecular flexibility index (Phi) is 5.76. The Hall–Kier alpha value is -2.50. The Morgan fingerprint density at radius 2 is 1.90 bits per heavy atom. The summed E-state index contributed by atoms with van der Waals surface area (Å²) in [5.41, 5.74) is 0.494. The third-order valence-electron chi connectivity index (χ3n) is 6.90. The van der Waals surface area contributed by atoms with Crippen molar-refractivity contribution in [3.05, 3.63) is 36.2 Å². The molecule has 0 radical (unpaired) electrons. The molecule has 30 heavy (non-hydrogen) atoms. The van der Waals surface area contributed by atoms with E-state index in [0.717, 1.165) is 37.8 Å². The molecule has 1 aliphatic heterocycles. The van der Waals surface area contributed by atoms with E-state index in [2.05, 4.69) is 12.2 Å². The maximum Gasteiger partial charge on any atom is 0.271 e. The zero-order valence-electron chi connectivity index (χ0n) is 18.3. The van der Waals surface area contributed by atoms with Crippen LogP contribution in [0.4, 0.5) is 0 Å². The van der Waals surface area contributed by atoms with Gasteiger partial charge in [-0.1, -0.05) is 32.6 Å². The van der Waals surface area contributed by atoms with E-state index in [4.69, 9.17) is 4.42 Å². The van der Waals surface area contributed by atoms with Crippen molar-refractivity contribution in [3.8, 4) is 11.5 Å². The van der Waals surface area contributed by atoms with Crippen molar-refractivity contribution >= 4 is 11.8 Å². The van der Waals surface area contributed by atoms with E-state index in [1.54, 1.807) is 11.2 Å². The van der Waals surface area contributed by atoms with Crippen LogP contribution in [-0.4, -0.2) is 38.9 Å². The minimum atomic E-state index is -0.952. The molecule has 6 heteroatoms. The monoisotopic (exact) mass is 411 g/mol. The second-order valence-corrected chi connectivity index (χ2v) is 9.04. The molecule has 2 amide bonds. The van der Waals surface area contributed by atoms with Crippen LogP contribution in [0.5, 0.6) is 0 Å². The van der Waals surface area contributed by atoms with Gasteiger partial charge in [-0.3, -0.25) is 9.59 Å². The van der Waals surface area contributed by atoms with Crippen molar-refractivity contribution in [1.82, 2.24) is 14.8 Å². The summed E-state index contributed by atoms with van der Waals surface area (Å²) in [4.78, 5) is 29.0. The molecule has 0 saturated heterocycles. The van der Waals surface area contributed by atoms with Crippen molar-refractivity contribution in [2.75, 3.05) is 0 Å². The molecule has 6 nitrogen and oxygen atoms in total. The summed E-state index contributed by atoms with van der Waals surface area (Å²) in [6.45, 7) is 6.42. The smallest absolute Gasteiger partial charge is 0.271 e. The quantitative estimate of drug-likeness (QED) is 0.731. The maximum absolute atomic E-state index is 13.7. The number of carbonyl (C=O) groups excluding carboxylic acids is 2. The Bertz CT molecular complexity index is 893. The summed E-state index contributed by atoms with van der Waals surface area (Å²) in [5.74, 6) is 0.567. The molecular weight excluding hydrogens is 378 g/mol. The Balaban J connectivity index is 1.70. The first kappa shape index (κ1) is 20.8. The lowest BCUT2D eigenvalue weighted by Gasteiger charge is -2.47. The standard InChI is InChI=1S/C24H33N3O3/c1-4-17(2)27-22(28)20-14-13-19(21-12-9-15-30-21)26(20)16-24(27,3)23(29)25-18-10-7-5-6-8-11-18/h9,12-15,17-18H,4-8,10-11,16H2,1-3H3,(H,25,29). The number of nitrogens with one attached hydrogen (secondary N) is 1. The molecule has 1 aliphatic carbocycles. The molecule has 0 spiro atoms. The average Bonchev–Trinajstić information content (AvgIpc) is 3.32. The predicted molar refractivity (Wildman–Crippen MR) is 116 cm³/mol. The van der Waals surface area contributed by atoms with Gasteiger partial charge < -0.3 is 19.2 Å². The zero-order chi connectivity index (χ0) is 21.3. The first-order valence-corrected chi connectivity index (χ1v) is 11.3. The van der Waals surface area contributed by atoms with Gasteiger partial charge in [0, 0.05) is 12.1 Å². The fraction of sp³-hybridized carbons (Fsp3) is 0.583. The van der Waals surface area contributed by atoms with Crippen LogP contribution < -0.4 is 5.32 Å². The fourth-order valence-electron chi connectivity index (χ4n) is 5.01. The Morgan fingerprint density at radius 1 is 1.20 bits per heavy atom. The van der Waals surface area contributed by atoms with Gasteiger partial charge >= 0.3 is 0 Å². The topological polar surface area (TPSA) is 67.5 Å². The number of carbonyl (C=O) groups is 2. The summed E-state index contributed by atoms with van der Waals surface area (Å²) < 4.78 is 7.54. The molecule has 0 aromatic carbocycles. The first-order chi connectivity index (χ1) is 14.5. The second kappa shape index (κ2) is 8.32. The number of furan rings is 1. The number of hydrogen-bond donors (Lipinski definition) is 1. The normalized spacial score (nSPS) is 23.7. The van der Waals surface area contributed by atoms with Crippen molar-refractivity contribution in [1.29, 1.82) is 0 Å². The number of rotatable bonds is 5. The molecule has 1 fully saturated rings. The van der Waals surface area contributed by atoms with E-state index >= 15 is 0 Å². The Morgan fingerprint density at radius 3 is 2.53 bits per heavy atom. The van der Waals surface area contributed by atoms with Gasteiger partial charge in [0.2, 0.25) is 5.91 Å². The van der Waals surface area contributed by atoms with Gasteiger partial charge in [0.15, 0.2) is 0 Å². The van der Waals surface area contributed by atoms with Gasteiger partial charge in [-0.15, -0.1) is 0 Å². The maximum atomic E-state index is 13.7. The van der Waals surface area contributed by atoms with Crippen LogP contribution >= 0.6 is 0 Å². The number of hydrogen-bond acceptors (Lipinski definition) is 3. The first-order valence-electron chi connectivity index (χ1n) is 11.3. The van der Waals surface area contributed by atoms with E-state index in [-0.39, 0.29) is 23.9 Å². The highest BCUT2D eigenvalue weighted by molar-refractivity contribution is 6.00. The van der Waals surface area contributed by atoms with Crippen LogP contribution in [0.3, 0.4) is 0 Å². The Labute approximate surface area is 178 Å². The van der Waals surface area contributed by atoms with Gasteiger partial charge in [-0.05, 0) is 57.4 Å². The summed E-state index contributed by atoms with van der Waals surface area (Å²) >= 11 is 0. The second-order valence-electron chi connectivity index (χ2n) is 9.04. The van der Waals surface area contributed by atoms with Crippen molar-refractivity contribution < 1.29 is 14.0 Å². The molecule has 2 unspecified atom stereocenters. The highest BCUT2D eigenvalue weighted by Crippen LogP contribution is 2.35. The molecular formula is C24H33N3O3. The van der Waals surface area contributed by atoms with E-state index in [0.29, 0.717) is 18.0 Å². The minimum Gasteiger partial charge on any atom is -0.463 e.